The predicted octanol–water partition coefficient (Wildman–Crippen LogP) is 6.24. The van der Waals surface area contributed by atoms with Gasteiger partial charge in [0.25, 0.3) is 0 Å². The molecule has 0 fully saturated rings. The van der Waals surface area contributed by atoms with Crippen LogP contribution < -0.4 is 0 Å². The maximum atomic E-state index is 12.1. The number of carbonyl (C=O) groups is 1. The standard InChI is InChI=1S/C29H40N2O2/c1-7-18-33-28(32)26-11-8-10-25(20-26)14-17-31(6)16-9-15-29(21-30,22(2)3)27-13-12-23(4)24(5)19-27/h8,10-13,19-20,22H,7,9,14-18H2,1-6H3. The van der Waals surface area contributed by atoms with Gasteiger partial charge in [-0.15, -0.1) is 0 Å². The molecule has 0 radical (unpaired) electrons. The van der Waals surface area contributed by atoms with Gasteiger partial charge in [-0.25, -0.2) is 4.79 Å². The van der Waals surface area contributed by atoms with Gasteiger partial charge < -0.3 is 9.64 Å². The molecule has 4 nitrogen and oxygen atoms in total. The van der Waals surface area contributed by atoms with E-state index in [9.17, 15) is 10.1 Å². The van der Waals surface area contributed by atoms with Gasteiger partial charge in [-0.3, -0.25) is 0 Å². The van der Waals surface area contributed by atoms with Crippen molar-refractivity contribution in [1.29, 1.82) is 5.26 Å². The molecule has 0 aliphatic carbocycles. The van der Waals surface area contributed by atoms with Gasteiger partial charge in [-0.05, 0) is 93.4 Å². The molecule has 178 valence electrons. The Labute approximate surface area is 200 Å². The molecule has 0 saturated carbocycles. The van der Waals surface area contributed by atoms with E-state index in [4.69, 9.17) is 4.74 Å². The third kappa shape index (κ3) is 7.17. The normalized spacial score (nSPS) is 13.1. The molecule has 0 N–H and O–H groups in total. The van der Waals surface area contributed by atoms with E-state index < -0.39 is 5.41 Å². The van der Waals surface area contributed by atoms with Gasteiger partial charge >= 0.3 is 5.97 Å². The minimum atomic E-state index is -0.466. The highest BCUT2D eigenvalue weighted by molar-refractivity contribution is 5.89. The van der Waals surface area contributed by atoms with Crippen LogP contribution in [0.15, 0.2) is 42.5 Å². The van der Waals surface area contributed by atoms with E-state index >= 15 is 0 Å². The van der Waals surface area contributed by atoms with Gasteiger partial charge in [0.2, 0.25) is 0 Å². The molecule has 4 heteroatoms. The van der Waals surface area contributed by atoms with Gasteiger partial charge in [-0.1, -0.05) is 51.1 Å². The number of carbonyl (C=O) groups excluding carboxylic acids is 1. The Balaban J connectivity index is 1.94. The number of likely N-dealkylation sites (N-methyl/N-ethyl adjacent to an activating group) is 1. The summed E-state index contributed by atoms with van der Waals surface area (Å²) in [4.78, 5) is 14.4. The molecule has 2 aromatic carbocycles. The zero-order valence-electron chi connectivity index (χ0n) is 21.3. The van der Waals surface area contributed by atoms with Gasteiger partial charge in [0, 0.05) is 6.54 Å². The monoisotopic (exact) mass is 448 g/mol. The maximum Gasteiger partial charge on any atom is 0.338 e. The molecular formula is C29H40N2O2. The molecular weight excluding hydrogens is 408 g/mol. The van der Waals surface area contributed by atoms with E-state index in [1.54, 1.807) is 0 Å². The van der Waals surface area contributed by atoms with Crippen molar-refractivity contribution in [2.45, 2.75) is 65.7 Å². The van der Waals surface area contributed by atoms with Crippen molar-refractivity contribution >= 4 is 5.97 Å². The Morgan fingerprint density at radius 2 is 1.88 bits per heavy atom. The second-order valence-electron chi connectivity index (χ2n) is 9.53. The van der Waals surface area contributed by atoms with E-state index in [-0.39, 0.29) is 11.9 Å². The Hall–Kier alpha value is -2.64. The zero-order valence-corrected chi connectivity index (χ0v) is 21.3. The summed E-state index contributed by atoms with van der Waals surface area (Å²) in [5.74, 6) is -0.00922. The summed E-state index contributed by atoms with van der Waals surface area (Å²) in [6, 6.07) is 16.9. The summed E-state index contributed by atoms with van der Waals surface area (Å²) in [5, 5.41) is 10.2. The summed E-state index contributed by atoms with van der Waals surface area (Å²) < 4.78 is 5.25. The van der Waals surface area contributed by atoms with Crippen LogP contribution in [-0.2, 0) is 16.6 Å². The number of rotatable bonds is 12. The fourth-order valence-corrected chi connectivity index (χ4v) is 4.23. The smallest absolute Gasteiger partial charge is 0.338 e. The third-order valence-electron chi connectivity index (χ3n) is 6.70. The number of benzene rings is 2. The van der Waals surface area contributed by atoms with Crippen molar-refractivity contribution in [3.8, 4) is 6.07 Å². The van der Waals surface area contributed by atoms with Crippen molar-refractivity contribution in [1.82, 2.24) is 4.90 Å². The molecule has 0 aromatic heterocycles. The lowest BCUT2D eigenvalue weighted by molar-refractivity contribution is 0.0505. The molecule has 0 saturated heterocycles. The van der Waals surface area contributed by atoms with Crippen LogP contribution in [0.1, 0.15) is 72.6 Å². The first-order valence-corrected chi connectivity index (χ1v) is 12.2. The molecule has 0 amide bonds. The van der Waals surface area contributed by atoms with E-state index in [1.807, 2.05) is 25.1 Å². The first-order valence-electron chi connectivity index (χ1n) is 12.2. The fourth-order valence-electron chi connectivity index (χ4n) is 4.23. The lowest BCUT2D eigenvalue weighted by atomic mass is 9.69. The van der Waals surface area contributed by atoms with E-state index in [2.05, 4.69) is 70.0 Å². The van der Waals surface area contributed by atoms with Crippen molar-refractivity contribution < 1.29 is 9.53 Å². The van der Waals surface area contributed by atoms with Gasteiger partial charge in [-0.2, -0.15) is 5.26 Å². The molecule has 0 aliphatic heterocycles. The topological polar surface area (TPSA) is 53.3 Å². The predicted molar refractivity (Wildman–Crippen MR) is 135 cm³/mol. The Morgan fingerprint density at radius 3 is 2.52 bits per heavy atom. The lowest BCUT2D eigenvalue weighted by Gasteiger charge is -2.32. The average Bonchev–Trinajstić information content (AvgIpc) is 2.81. The molecule has 33 heavy (non-hydrogen) atoms. The third-order valence-corrected chi connectivity index (χ3v) is 6.70. The van der Waals surface area contributed by atoms with Crippen LogP contribution in [0, 0.1) is 31.1 Å². The van der Waals surface area contributed by atoms with Gasteiger partial charge in [0.1, 0.15) is 0 Å². The molecule has 0 bridgehead atoms. The number of aryl methyl sites for hydroxylation is 2. The second-order valence-corrected chi connectivity index (χ2v) is 9.53. The SMILES string of the molecule is CCCOC(=O)c1cccc(CCN(C)CCCC(C#N)(c2ccc(C)c(C)c2)C(C)C)c1. The molecule has 0 aliphatic rings. The van der Waals surface area contributed by atoms with E-state index in [0.717, 1.165) is 49.9 Å². The summed E-state index contributed by atoms with van der Waals surface area (Å²) in [6.07, 6.45) is 3.49. The van der Waals surface area contributed by atoms with Crippen LogP contribution in [0.25, 0.3) is 0 Å². The summed E-state index contributed by atoms with van der Waals surface area (Å²) in [7, 11) is 2.12. The Kier molecular flexibility index (Phi) is 10.1. The molecule has 0 spiro atoms. The van der Waals surface area contributed by atoms with Crippen LogP contribution in [0.2, 0.25) is 0 Å². The number of esters is 1. The highest BCUT2D eigenvalue weighted by Gasteiger charge is 2.35. The summed E-state index contributed by atoms with van der Waals surface area (Å²) in [6.45, 7) is 12.8. The molecule has 2 rings (SSSR count). The summed E-state index contributed by atoms with van der Waals surface area (Å²) >= 11 is 0. The number of nitriles is 1. The quantitative estimate of drug-likeness (QED) is 0.361. The van der Waals surface area contributed by atoms with Crippen molar-refractivity contribution in [3.63, 3.8) is 0 Å². The van der Waals surface area contributed by atoms with Crippen LogP contribution >= 0.6 is 0 Å². The van der Waals surface area contributed by atoms with Crippen LogP contribution in [0.4, 0.5) is 0 Å². The first-order chi connectivity index (χ1) is 15.7. The Morgan fingerprint density at radius 1 is 1.12 bits per heavy atom. The van der Waals surface area contributed by atoms with Gasteiger partial charge in [0.05, 0.1) is 23.7 Å². The van der Waals surface area contributed by atoms with Crippen LogP contribution in [0.5, 0.6) is 0 Å². The van der Waals surface area contributed by atoms with Crippen LogP contribution in [-0.4, -0.2) is 37.6 Å². The highest BCUT2D eigenvalue weighted by Crippen LogP contribution is 2.37. The number of ether oxygens (including phenoxy) is 1. The van der Waals surface area contributed by atoms with Crippen LogP contribution in [0.3, 0.4) is 0 Å². The first kappa shape index (κ1) is 26.6. The molecule has 1 unspecified atom stereocenters. The minimum absolute atomic E-state index is 0.241. The van der Waals surface area contributed by atoms with Gasteiger partial charge in [0.15, 0.2) is 0 Å². The number of hydrogen-bond donors (Lipinski definition) is 0. The van der Waals surface area contributed by atoms with Crippen molar-refractivity contribution in [2.75, 3.05) is 26.7 Å². The number of nitrogens with zero attached hydrogens (tertiary/aromatic N) is 2. The fraction of sp³-hybridized carbons (Fsp3) is 0.517. The average molecular weight is 449 g/mol. The highest BCUT2D eigenvalue weighted by atomic mass is 16.5. The molecule has 2 aromatic rings. The lowest BCUT2D eigenvalue weighted by Crippen LogP contribution is -2.32. The number of hydrogen-bond acceptors (Lipinski definition) is 4. The van der Waals surface area contributed by atoms with Crippen molar-refractivity contribution in [2.24, 2.45) is 5.92 Å². The zero-order chi connectivity index (χ0) is 24.4. The van der Waals surface area contributed by atoms with E-state index in [0.29, 0.717) is 12.2 Å². The maximum absolute atomic E-state index is 12.1. The Bertz CT molecular complexity index is 960. The van der Waals surface area contributed by atoms with E-state index in [1.165, 1.54) is 11.1 Å². The molecule has 1 atom stereocenters. The molecule has 0 heterocycles. The minimum Gasteiger partial charge on any atom is -0.462 e. The second kappa shape index (κ2) is 12.6. The summed E-state index contributed by atoms with van der Waals surface area (Å²) in [5.41, 5.74) is 4.93. The van der Waals surface area contributed by atoms with Crippen molar-refractivity contribution in [3.05, 3.63) is 70.3 Å². The largest absolute Gasteiger partial charge is 0.462 e.